The second-order valence-electron chi connectivity index (χ2n) is 4.21. The van der Waals surface area contributed by atoms with Gasteiger partial charge in [0.1, 0.15) is 0 Å². The van der Waals surface area contributed by atoms with Gasteiger partial charge < -0.3 is 15.0 Å². The van der Waals surface area contributed by atoms with Crippen LogP contribution < -0.4 is 10.5 Å². The van der Waals surface area contributed by atoms with Crippen molar-refractivity contribution in [3.63, 3.8) is 0 Å². The highest BCUT2D eigenvalue weighted by molar-refractivity contribution is 5.35. The summed E-state index contributed by atoms with van der Waals surface area (Å²) in [6, 6.07) is 0. The largest absolute Gasteiger partial charge is 0.396 e. The molecule has 2 rings (SSSR count). The van der Waals surface area contributed by atoms with E-state index in [0.29, 0.717) is 11.7 Å². The van der Waals surface area contributed by atoms with E-state index in [4.69, 9.17) is 5.11 Å². The van der Waals surface area contributed by atoms with Crippen LogP contribution in [0.1, 0.15) is 19.3 Å². The van der Waals surface area contributed by atoms with Crippen LogP contribution >= 0.6 is 0 Å². The molecule has 88 valence electrons. The Morgan fingerprint density at radius 1 is 1.62 bits per heavy atom. The quantitative estimate of drug-likeness (QED) is 0.776. The fourth-order valence-electron chi connectivity index (χ4n) is 2.24. The van der Waals surface area contributed by atoms with E-state index in [9.17, 15) is 4.79 Å². The number of hydrogen-bond donors (Lipinski definition) is 2. The molecule has 1 aliphatic rings. The minimum absolute atomic E-state index is 0.132. The SMILES string of the molecule is O=c1[nH]ccnc1N1CCCC(CCO)C1. The molecule has 0 aliphatic carbocycles. The third-order valence-electron chi connectivity index (χ3n) is 3.04. The molecule has 2 N–H and O–H groups in total. The number of aromatic amines is 1. The summed E-state index contributed by atoms with van der Waals surface area (Å²) < 4.78 is 0. The number of aliphatic hydroxyl groups excluding tert-OH is 1. The Morgan fingerprint density at radius 2 is 2.50 bits per heavy atom. The summed E-state index contributed by atoms with van der Waals surface area (Å²) in [6.07, 6.45) is 6.14. The first-order valence-corrected chi connectivity index (χ1v) is 5.70. The van der Waals surface area contributed by atoms with Crippen LogP contribution in [0.25, 0.3) is 0 Å². The maximum atomic E-state index is 11.6. The van der Waals surface area contributed by atoms with Gasteiger partial charge in [0.25, 0.3) is 5.56 Å². The number of hydrogen-bond acceptors (Lipinski definition) is 4. The zero-order valence-corrected chi connectivity index (χ0v) is 9.22. The molecule has 0 saturated carbocycles. The maximum Gasteiger partial charge on any atom is 0.290 e. The Hall–Kier alpha value is -1.36. The van der Waals surface area contributed by atoms with E-state index in [-0.39, 0.29) is 12.2 Å². The Morgan fingerprint density at radius 3 is 3.25 bits per heavy atom. The summed E-state index contributed by atoms with van der Waals surface area (Å²) in [7, 11) is 0. The molecule has 1 unspecified atom stereocenters. The van der Waals surface area contributed by atoms with Crippen LogP contribution in [0.15, 0.2) is 17.2 Å². The molecule has 1 aromatic rings. The van der Waals surface area contributed by atoms with Crippen molar-refractivity contribution in [2.24, 2.45) is 5.92 Å². The number of aliphatic hydroxyl groups is 1. The topological polar surface area (TPSA) is 69.2 Å². The molecule has 0 radical (unpaired) electrons. The first kappa shape index (κ1) is 11.1. The highest BCUT2D eigenvalue weighted by Gasteiger charge is 2.21. The normalized spacial score (nSPS) is 21.1. The molecule has 0 spiro atoms. The summed E-state index contributed by atoms with van der Waals surface area (Å²) in [5.41, 5.74) is -0.132. The van der Waals surface area contributed by atoms with E-state index < -0.39 is 0 Å². The molecule has 0 bridgehead atoms. The van der Waals surface area contributed by atoms with Crippen molar-refractivity contribution in [1.82, 2.24) is 9.97 Å². The maximum absolute atomic E-state index is 11.6. The third kappa shape index (κ3) is 2.41. The summed E-state index contributed by atoms with van der Waals surface area (Å²) in [6.45, 7) is 1.92. The lowest BCUT2D eigenvalue weighted by Gasteiger charge is -2.32. The highest BCUT2D eigenvalue weighted by atomic mass is 16.3. The van der Waals surface area contributed by atoms with Crippen molar-refractivity contribution < 1.29 is 5.11 Å². The van der Waals surface area contributed by atoms with Gasteiger partial charge >= 0.3 is 0 Å². The molecule has 1 atom stereocenters. The second-order valence-corrected chi connectivity index (χ2v) is 4.21. The summed E-state index contributed by atoms with van der Waals surface area (Å²) >= 11 is 0. The predicted octanol–water partition coefficient (Wildman–Crippen LogP) is 0.369. The van der Waals surface area contributed by atoms with Crippen molar-refractivity contribution in [1.29, 1.82) is 0 Å². The number of nitrogens with one attached hydrogen (secondary N) is 1. The number of H-pyrrole nitrogens is 1. The van der Waals surface area contributed by atoms with Crippen LogP contribution in [-0.4, -0.2) is 34.8 Å². The number of rotatable bonds is 3. The van der Waals surface area contributed by atoms with Gasteiger partial charge in [0.05, 0.1) is 0 Å². The lowest BCUT2D eigenvalue weighted by molar-refractivity contribution is 0.244. The lowest BCUT2D eigenvalue weighted by atomic mass is 9.95. The molecule has 1 aromatic heterocycles. The monoisotopic (exact) mass is 223 g/mol. The van der Waals surface area contributed by atoms with Crippen LogP contribution in [0.5, 0.6) is 0 Å². The van der Waals surface area contributed by atoms with Crippen molar-refractivity contribution in [3.8, 4) is 0 Å². The molecule has 1 saturated heterocycles. The van der Waals surface area contributed by atoms with Crippen molar-refractivity contribution in [2.45, 2.75) is 19.3 Å². The molecule has 1 aliphatic heterocycles. The minimum Gasteiger partial charge on any atom is -0.396 e. The fourth-order valence-corrected chi connectivity index (χ4v) is 2.24. The number of aromatic nitrogens is 2. The van der Waals surface area contributed by atoms with Gasteiger partial charge in [-0.05, 0) is 25.2 Å². The van der Waals surface area contributed by atoms with Crippen LogP contribution in [0, 0.1) is 5.92 Å². The Labute approximate surface area is 94.1 Å². The average Bonchev–Trinajstić information content (AvgIpc) is 2.30. The molecule has 1 fully saturated rings. The lowest BCUT2D eigenvalue weighted by Crippen LogP contribution is -2.39. The summed E-state index contributed by atoms with van der Waals surface area (Å²) in [5.74, 6) is 0.977. The van der Waals surface area contributed by atoms with E-state index in [0.717, 1.165) is 32.4 Å². The van der Waals surface area contributed by atoms with E-state index in [1.807, 2.05) is 4.90 Å². The zero-order chi connectivity index (χ0) is 11.4. The Kier molecular flexibility index (Phi) is 3.56. The van der Waals surface area contributed by atoms with Gasteiger partial charge in [-0.15, -0.1) is 0 Å². The van der Waals surface area contributed by atoms with Gasteiger partial charge in [-0.2, -0.15) is 0 Å². The molecule has 2 heterocycles. The summed E-state index contributed by atoms with van der Waals surface area (Å²) in [5, 5.41) is 8.93. The van der Waals surface area contributed by atoms with Gasteiger partial charge in [0, 0.05) is 32.1 Å². The van der Waals surface area contributed by atoms with Gasteiger partial charge in [0.2, 0.25) is 0 Å². The van der Waals surface area contributed by atoms with Gasteiger partial charge in [0.15, 0.2) is 5.82 Å². The number of anilines is 1. The van der Waals surface area contributed by atoms with Crippen LogP contribution in [0.4, 0.5) is 5.82 Å². The van der Waals surface area contributed by atoms with E-state index >= 15 is 0 Å². The molecule has 16 heavy (non-hydrogen) atoms. The predicted molar refractivity (Wildman–Crippen MR) is 61.5 cm³/mol. The third-order valence-corrected chi connectivity index (χ3v) is 3.04. The van der Waals surface area contributed by atoms with Crippen LogP contribution in [0.3, 0.4) is 0 Å². The minimum atomic E-state index is -0.132. The molecule has 0 aromatic carbocycles. The molecule has 5 nitrogen and oxygen atoms in total. The van der Waals surface area contributed by atoms with Crippen molar-refractivity contribution in [3.05, 3.63) is 22.7 Å². The summed E-state index contributed by atoms with van der Waals surface area (Å²) in [4.78, 5) is 20.3. The Bertz CT molecular complexity index is 389. The fraction of sp³-hybridized carbons (Fsp3) is 0.636. The van der Waals surface area contributed by atoms with Gasteiger partial charge in [-0.1, -0.05) is 0 Å². The standard InChI is InChI=1S/C11H17N3O2/c15-7-3-9-2-1-6-14(8-9)10-11(16)13-5-4-12-10/h4-5,9,15H,1-3,6-8H2,(H,13,16). The van der Waals surface area contributed by atoms with Crippen molar-refractivity contribution >= 4 is 5.82 Å². The smallest absolute Gasteiger partial charge is 0.290 e. The molecule has 0 amide bonds. The average molecular weight is 223 g/mol. The first-order valence-electron chi connectivity index (χ1n) is 5.70. The second kappa shape index (κ2) is 5.12. The zero-order valence-electron chi connectivity index (χ0n) is 9.22. The van der Waals surface area contributed by atoms with E-state index in [2.05, 4.69) is 9.97 Å². The van der Waals surface area contributed by atoms with Gasteiger partial charge in [-0.25, -0.2) is 4.98 Å². The molecular weight excluding hydrogens is 206 g/mol. The van der Waals surface area contributed by atoms with E-state index in [1.54, 1.807) is 12.4 Å². The van der Waals surface area contributed by atoms with E-state index in [1.165, 1.54) is 0 Å². The van der Waals surface area contributed by atoms with Crippen LogP contribution in [0.2, 0.25) is 0 Å². The highest BCUT2D eigenvalue weighted by Crippen LogP contribution is 2.21. The number of nitrogens with zero attached hydrogens (tertiary/aromatic N) is 2. The Balaban J connectivity index is 2.10. The van der Waals surface area contributed by atoms with Gasteiger partial charge in [-0.3, -0.25) is 4.79 Å². The molecule has 5 heteroatoms. The molecular formula is C11H17N3O2. The van der Waals surface area contributed by atoms with Crippen LogP contribution in [-0.2, 0) is 0 Å². The van der Waals surface area contributed by atoms with Crippen molar-refractivity contribution in [2.75, 3.05) is 24.6 Å². The number of piperidine rings is 1. The first-order chi connectivity index (χ1) is 7.81.